The lowest BCUT2D eigenvalue weighted by Gasteiger charge is -2.37. The fourth-order valence-electron chi connectivity index (χ4n) is 4.59. The minimum Gasteiger partial charge on any atom is -0.457 e. The largest absolute Gasteiger partial charge is 0.457 e. The number of hydrogen-bond acceptors (Lipinski definition) is 5. The van der Waals surface area contributed by atoms with E-state index < -0.39 is 10.0 Å². The second-order valence-corrected chi connectivity index (χ2v) is 11.4. The van der Waals surface area contributed by atoms with Gasteiger partial charge in [-0.25, -0.2) is 12.8 Å². The van der Waals surface area contributed by atoms with Crippen LogP contribution in [0.3, 0.4) is 0 Å². The number of para-hydroxylation sites is 2. The Kier molecular flexibility index (Phi) is 8.02. The highest BCUT2D eigenvalue weighted by Gasteiger charge is 2.30. The zero-order valence-electron chi connectivity index (χ0n) is 22.1. The molecule has 1 amide bonds. The van der Waals surface area contributed by atoms with E-state index in [1.165, 1.54) is 6.07 Å². The van der Waals surface area contributed by atoms with E-state index in [2.05, 4.69) is 0 Å². The molecule has 1 saturated heterocycles. The Morgan fingerprint density at radius 2 is 1.40 bits per heavy atom. The van der Waals surface area contributed by atoms with E-state index >= 15 is 0 Å². The Morgan fingerprint density at radius 3 is 2.05 bits per heavy atom. The van der Waals surface area contributed by atoms with Crippen LogP contribution in [0.4, 0.5) is 15.8 Å². The van der Waals surface area contributed by atoms with Gasteiger partial charge in [0.15, 0.2) is 0 Å². The zero-order chi connectivity index (χ0) is 28.1. The first kappa shape index (κ1) is 27.2. The number of carbonyl (C=O) groups excluding carboxylic acids is 1. The molecule has 0 saturated carbocycles. The normalized spacial score (nSPS) is 13.7. The van der Waals surface area contributed by atoms with Gasteiger partial charge in [0.1, 0.15) is 23.9 Å². The standard InChI is InChI=1S/C31H30FN3O4S/c1-24-11-17-28(18-12-24)40(37,38)35(25-13-15-27(16-14-25)39-26-7-3-2-4-8-26)23-31(36)34-21-19-33(20-22-34)30-10-6-5-9-29(30)32/h2-18H,19-23H2,1H3. The van der Waals surface area contributed by atoms with E-state index in [9.17, 15) is 17.6 Å². The van der Waals surface area contributed by atoms with Gasteiger partial charge in [0.2, 0.25) is 5.91 Å². The summed E-state index contributed by atoms with van der Waals surface area (Å²) in [6.07, 6.45) is 0. The first-order valence-electron chi connectivity index (χ1n) is 13.0. The van der Waals surface area contributed by atoms with Crippen LogP contribution < -0.4 is 13.9 Å². The molecule has 4 aromatic rings. The van der Waals surface area contributed by atoms with E-state index in [-0.39, 0.29) is 23.2 Å². The van der Waals surface area contributed by atoms with Crippen LogP contribution in [0.2, 0.25) is 0 Å². The Bertz CT molecular complexity index is 1550. The van der Waals surface area contributed by atoms with Crippen molar-refractivity contribution in [1.82, 2.24) is 4.90 Å². The SMILES string of the molecule is Cc1ccc(S(=O)(=O)N(CC(=O)N2CCN(c3ccccc3F)CC2)c2ccc(Oc3ccccc3)cc2)cc1. The van der Waals surface area contributed by atoms with Gasteiger partial charge in [-0.2, -0.15) is 0 Å². The van der Waals surface area contributed by atoms with Crippen molar-refractivity contribution in [3.63, 3.8) is 0 Å². The summed E-state index contributed by atoms with van der Waals surface area (Å²) < 4.78 is 48.8. The predicted octanol–water partition coefficient (Wildman–Crippen LogP) is 5.47. The molecule has 1 heterocycles. The van der Waals surface area contributed by atoms with Gasteiger partial charge in [-0.3, -0.25) is 9.10 Å². The topological polar surface area (TPSA) is 70.2 Å². The average Bonchev–Trinajstić information content (AvgIpc) is 2.97. The lowest BCUT2D eigenvalue weighted by molar-refractivity contribution is -0.129. The molecule has 0 aliphatic carbocycles. The molecule has 0 N–H and O–H groups in total. The van der Waals surface area contributed by atoms with Gasteiger partial charge in [-0.15, -0.1) is 0 Å². The molecule has 0 aromatic heterocycles. The number of nitrogens with zero attached hydrogens (tertiary/aromatic N) is 3. The first-order valence-corrected chi connectivity index (χ1v) is 14.4. The summed E-state index contributed by atoms with van der Waals surface area (Å²) in [5.41, 5.74) is 1.77. The highest BCUT2D eigenvalue weighted by Crippen LogP contribution is 2.29. The van der Waals surface area contributed by atoms with Crippen LogP contribution in [0.15, 0.2) is 108 Å². The van der Waals surface area contributed by atoms with Crippen LogP contribution >= 0.6 is 0 Å². The molecule has 1 aliphatic heterocycles. The van der Waals surface area contributed by atoms with E-state index in [0.29, 0.717) is 49.1 Å². The lowest BCUT2D eigenvalue weighted by Crippen LogP contribution is -2.52. The number of sulfonamides is 1. The number of hydrogen-bond donors (Lipinski definition) is 0. The van der Waals surface area contributed by atoms with Gasteiger partial charge < -0.3 is 14.5 Å². The number of ether oxygens (including phenoxy) is 1. The van der Waals surface area contributed by atoms with Crippen molar-refractivity contribution in [2.24, 2.45) is 0 Å². The quantitative estimate of drug-likeness (QED) is 0.286. The minimum absolute atomic E-state index is 0.0971. The molecule has 0 atom stereocenters. The molecule has 0 spiro atoms. The van der Waals surface area contributed by atoms with Crippen molar-refractivity contribution in [3.8, 4) is 11.5 Å². The van der Waals surface area contributed by atoms with E-state index in [1.54, 1.807) is 71.6 Å². The first-order chi connectivity index (χ1) is 19.3. The molecule has 40 heavy (non-hydrogen) atoms. The summed E-state index contributed by atoms with van der Waals surface area (Å²) in [6.45, 7) is 3.12. The number of rotatable bonds is 8. The number of benzene rings is 4. The van der Waals surface area contributed by atoms with Gasteiger partial charge in [0.05, 0.1) is 16.3 Å². The third kappa shape index (κ3) is 6.10. The van der Waals surface area contributed by atoms with Crippen LogP contribution in [0, 0.1) is 12.7 Å². The summed E-state index contributed by atoms with van der Waals surface area (Å²) in [7, 11) is -4.05. The molecule has 5 rings (SSSR count). The summed E-state index contributed by atoms with van der Waals surface area (Å²) in [5.74, 6) is 0.563. The Labute approximate surface area is 234 Å². The van der Waals surface area contributed by atoms with Gasteiger partial charge >= 0.3 is 0 Å². The van der Waals surface area contributed by atoms with E-state index in [1.807, 2.05) is 42.2 Å². The Hall–Kier alpha value is -4.37. The molecule has 206 valence electrons. The summed E-state index contributed by atoms with van der Waals surface area (Å²) >= 11 is 0. The molecule has 0 bridgehead atoms. The van der Waals surface area contributed by atoms with Gasteiger partial charge in [-0.1, -0.05) is 48.0 Å². The monoisotopic (exact) mass is 559 g/mol. The van der Waals surface area contributed by atoms with Crippen molar-refractivity contribution >= 4 is 27.3 Å². The molecular formula is C31H30FN3O4S. The van der Waals surface area contributed by atoms with Crippen LogP contribution in [-0.2, 0) is 14.8 Å². The lowest BCUT2D eigenvalue weighted by atomic mass is 10.2. The highest BCUT2D eigenvalue weighted by molar-refractivity contribution is 7.92. The maximum absolute atomic E-state index is 14.3. The molecule has 7 nitrogen and oxygen atoms in total. The van der Waals surface area contributed by atoms with Crippen LogP contribution in [-0.4, -0.2) is 51.9 Å². The van der Waals surface area contributed by atoms with Gasteiger partial charge in [0, 0.05) is 26.2 Å². The molecular weight excluding hydrogens is 529 g/mol. The van der Waals surface area contributed by atoms with Crippen molar-refractivity contribution in [3.05, 3.63) is 115 Å². The van der Waals surface area contributed by atoms with Crippen LogP contribution in [0.25, 0.3) is 0 Å². The maximum atomic E-state index is 14.3. The molecule has 1 fully saturated rings. The summed E-state index contributed by atoms with van der Waals surface area (Å²) in [4.78, 5) is 17.1. The molecule has 4 aromatic carbocycles. The molecule has 0 unspecified atom stereocenters. The second kappa shape index (κ2) is 11.8. The number of amides is 1. The zero-order valence-corrected chi connectivity index (χ0v) is 22.9. The van der Waals surface area contributed by atoms with Crippen LogP contribution in [0.1, 0.15) is 5.56 Å². The van der Waals surface area contributed by atoms with Crippen molar-refractivity contribution in [1.29, 1.82) is 0 Å². The van der Waals surface area contributed by atoms with Crippen molar-refractivity contribution in [2.45, 2.75) is 11.8 Å². The van der Waals surface area contributed by atoms with Crippen LogP contribution in [0.5, 0.6) is 11.5 Å². The second-order valence-electron chi connectivity index (χ2n) is 9.55. The Balaban J connectivity index is 1.36. The fraction of sp³-hybridized carbons (Fsp3) is 0.194. The number of piperazine rings is 1. The van der Waals surface area contributed by atoms with Crippen molar-refractivity contribution < 1.29 is 22.3 Å². The minimum atomic E-state index is -4.05. The van der Waals surface area contributed by atoms with E-state index in [4.69, 9.17) is 4.74 Å². The van der Waals surface area contributed by atoms with E-state index in [0.717, 1.165) is 9.87 Å². The third-order valence-corrected chi connectivity index (χ3v) is 8.61. The maximum Gasteiger partial charge on any atom is 0.264 e. The molecule has 9 heteroatoms. The fourth-order valence-corrected chi connectivity index (χ4v) is 6.00. The number of halogens is 1. The average molecular weight is 560 g/mol. The predicted molar refractivity (Wildman–Crippen MR) is 154 cm³/mol. The smallest absolute Gasteiger partial charge is 0.264 e. The summed E-state index contributed by atoms with van der Waals surface area (Å²) in [5, 5.41) is 0. The Morgan fingerprint density at radius 1 is 0.800 bits per heavy atom. The number of aryl methyl sites for hydroxylation is 1. The molecule has 0 radical (unpaired) electrons. The third-order valence-electron chi connectivity index (χ3n) is 6.82. The number of carbonyl (C=O) groups is 1. The van der Waals surface area contributed by atoms with Gasteiger partial charge in [-0.05, 0) is 67.6 Å². The van der Waals surface area contributed by atoms with Crippen molar-refractivity contribution in [2.75, 3.05) is 41.9 Å². The summed E-state index contributed by atoms with van der Waals surface area (Å²) in [6, 6.07) is 29.0. The number of anilines is 2. The van der Waals surface area contributed by atoms with Gasteiger partial charge in [0.25, 0.3) is 10.0 Å². The highest BCUT2D eigenvalue weighted by atomic mass is 32.2. The molecule has 1 aliphatic rings.